The highest BCUT2D eigenvalue weighted by Gasteiger charge is 2.31. The molecule has 0 aromatic carbocycles. The molecule has 0 unspecified atom stereocenters. The number of hydrogen-bond acceptors (Lipinski definition) is 8. The van der Waals surface area contributed by atoms with Crippen LogP contribution in [-0.2, 0) is 0 Å². The molecule has 0 amide bonds. The minimum absolute atomic E-state index is 0.548. The van der Waals surface area contributed by atoms with Crippen molar-refractivity contribution < 1.29 is 0 Å². The maximum Gasteiger partial charge on any atom is 0.202 e. The first kappa shape index (κ1) is 14.1. The molecule has 0 bridgehead atoms. The summed E-state index contributed by atoms with van der Waals surface area (Å²) in [6.45, 7) is 4.84. The summed E-state index contributed by atoms with van der Waals surface area (Å²) in [6.07, 6.45) is 2.41. The number of hydrogen-bond donors (Lipinski definition) is 1. The fourth-order valence-corrected chi connectivity index (χ4v) is 3.63. The number of aryl methyl sites for hydroxylation is 1. The third-order valence-corrected chi connectivity index (χ3v) is 5.33. The Morgan fingerprint density at radius 2 is 2.12 bits per heavy atom. The summed E-state index contributed by atoms with van der Waals surface area (Å²) in [5, 5.41) is 17.5. The first-order valence-electron chi connectivity index (χ1n) is 8.28. The van der Waals surface area contributed by atoms with Gasteiger partial charge in [-0.1, -0.05) is 0 Å². The lowest BCUT2D eigenvalue weighted by Crippen LogP contribution is -2.50. The van der Waals surface area contributed by atoms with Crippen molar-refractivity contribution in [3.05, 3.63) is 23.8 Å². The number of nitrogens with one attached hydrogen (secondary N) is 1. The van der Waals surface area contributed by atoms with E-state index in [0.29, 0.717) is 11.8 Å². The second kappa shape index (κ2) is 5.37. The van der Waals surface area contributed by atoms with E-state index in [1.165, 1.54) is 24.4 Å². The molecule has 3 aromatic heterocycles. The maximum absolute atomic E-state index is 4.75. The molecule has 2 fully saturated rings. The average Bonchev–Trinajstić information content (AvgIpc) is 3.16. The zero-order valence-corrected chi connectivity index (χ0v) is 14.2. The average molecular weight is 342 g/mol. The molecule has 0 spiro atoms. The summed E-state index contributed by atoms with van der Waals surface area (Å²) in [7, 11) is 0. The molecule has 124 valence electrons. The van der Waals surface area contributed by atoms with E-state index < -0.39 is 0 Å². The van der Waals surface area contributed by atoms with Gasteiger partial charge in [-0.3, -0.25) is 0 Å². The molecular formula is C15H18N8S. The molecule has 4 heterocycles. The van der Waals surface area contributed by atoms with E-state index in [2.05, 4.69) is 29.8 Å². The van der Waals surface area contributed by atoms with Gasteiger partial charge >= 0.3 is 0 Å². The molecule has 0 atom stereocenters. The number of nitrogens with zero attached hydrogens (tertiary/aromatic N) is 7. The standard InChI is InChI=1S/C15H18N8S/c1-9-17-15(24-21-9)16-6-10-7-22(8-10)13-5-4-12-18-19-14(11-2-3-11)23(12)20-13/h4-5,10-11H,2-3,6-8H2,1H3,(H,16,17,21). The number of fused-ring (bicyclic) bond motifs is 1. The summed E-state index contributed by atoms with van der Waals surface area (Å²) >= 11 is 1.42. The predicted octanol–water partition coefficient (Wildman–Crippen LogP) is 1.71. The highest BCUT2D eigenvalue weighted by molar-refractivity contribution is 7.09. The van der Waals surface area contributed by atoms with Crippen LogP contribution in [0.3, 0.4) is 0 Å². The molecule has 1 aliphatic carbocycles. The SMILES string of the molecule is Cc1nsc(NCC2CN(c3ccc4nnc(C5CC5)n4n3)C2)n1. The highest BCUT2D eigenvalue weighted by Crippen LogP contribution is 2.38. The van der Waals surface area contributed by atoms with Crippen LogP contribution in [0.5, 0.6) is 0 Å². The van der Waals surface area contributed by atoms with E-state index in [-0.39, 0.29) is 0 Å². The van der Waals surface area contributed by atoms with Crippen molar-refractivity contribution in [1.82, 2.24) is 29.2 Å². The summed E-state index contributed by atoms with van der Waals surface area (Å²) < 4.78 is 6.10. The minimum atomic E-state index is 0.548. The Balaban J connectivity index is 1.24. The van der Waals surface area contributed by atoms with Crippen LogP contribution in [0.2, 0.25) is 0 Å². The topological polar surface area (TPSA) is 84.1 Å². The van der Waals surface area contributed by atoms with Crippen molar-refractivity contribution in [2.24, 2.45) is 5.92 Å². The van der Waals surface area contributed by atoms with Gasteiger partial charge in [0.1, 0.15) is 11.6 Å². The first-order chi connectivity index (χ1) is 11.8. The van der Waals surface area contributed by atoms with Crippen molar-refractivity contribution in [2.75, 3.05) is 29.9 Å². The van der Waals surface area contributed by atoms with Crippen LogP contribution in [-0.4, -0.2) is 48.8 Å². The van der Waals surface area contributed by atoms with E-state index >= 15 is 0 Å². The van der Waals surface area contributed by atoms with E-state index in [9.17, 15) is 0 Å². The van der Waals surface area contributed by atoms with Crippen molar-refractivity contribution >= 4 is 28.1 Å². The summed E-state index contributed by atoms with van der Waals surface area (Å²) in [5.74, 6) is 4.00. The van der Waals surface area contributed by atoms with Crippen LogP contribution in [0.4, 0.5) is 10.9 Å². The van der Waals surface area contributed by atoms with Gasteiger partial charge in [-0.05, 0) is 31.9 Å². The lowest BCUT2D eigenvalue weighted by molar-refractivity contribution is 0.425. The molecule has 3 aromatic rings. The molecule has 0 radical (unpaired) electrons. The summed E-state index contributed by atoms with van der Waals surface area (Å²) in [5.41, 5.74) is 0.839. The van der Waals surface area contributed by atoms with Crippen molar-refractivity contribution in [1.29, 1.82) is 0 Å². The van der Waals surface area contributed by atoms with Crippen LogP contribution in [0.25, 0.3) is 5.65 Å². The van der Waals surface area contributed by atoms with E-state index in [0.717, 1.165) is 47.9 Å². The van der Waals surface area contributed by atoms with Crippen molar-refractivity contribution in [3.8, 4) is 0 Å². The van der Waals surface area contributed by atoms with Crippen LogP contribution in [0.1, 0.15) is 30.4 Å². The third-order valence-electron chi connectivity index (χ3n) is 4.57. The van der Waals surface area contributed by atoms with Gasteiger partial charge in [0.15, 0.2) is 11.5 Å². The molecule has 2 aliphatic rings. The molecule has 1 saturated carbocycles. The fourth-order valence-electron chi connectivity index (χ4n) is 3.05. The zero-order chi connectivity index (χ0) is 16.1. The molecule has 24 heavy (non-hydrogen) atoms. The minimum Gasteiger partial charge on any atom is -0.360 e. The van der Waals surface area contributed by atoms with Gasteiger partial charge in [0.05, 0.1) is 0 Å². The van der Waals surface area contributed by atoms with Crippen LogP contribution >= 0.6 is 11.5 Å². The fraction of sp³-hybridized carbons (Fsp3) is 0.533. The molecule has 8 nitrogen and oxygen atoms in total. The molecule has 9 heteroatoms. The Hall–Kier alpha value is -2.29. The smallest absolute Gasteiger partial charge is 0.202 e. The number of anilines is 2. The molecule has 1 N–H and O–H groups in total. The summed E-state index contributed by atoms with van der Waals surface area (Å²) in [4.78, 5) is 6.63. The highest BCUT2D eigenvalue weighted by atomic mass is 32.1. The molecule has 5 rings (SSSR count). The molecule has 1 saturated heterocycles. The Morgan fingerprint density at radius 3 is 2.88 bits per heavy atom. The van der Waals surface area contributed by atoms with Gasteiger partial charge in [0.2, 0.25) is 5.13 Å². The van der Waals surface area contributed by atoms with Gasteiger partial charge in [-0.15, -0.1) is 15.3 Å². The van der Waals surface area contributed by atoms with E-state index in [4.69, 9.17) is 5.10 Å². The normalized spacial score (nSPS) is 18.1. The predicted molar refractivity (Wildman–Crippen MR) is 91.6 cm³/mol. The monoisotopic (exact) mass is 342 g/mol. The van der Waals surface area contributed by atoms with Crippen molar-refractivity contribution in [3.63, 3.8) is 0 Å². The first-order valence-corrected chi connectivity index (χ1v) is 9.05. The second-order valence-electron chi connectivity index (χ2n) is 6.59. The van der Waals surface area contributed by atoms with Gasteiger partial charge in [0, 0.05) is 43.0 Å². The van der Waals surface area contributed by atoms with Crippen LogP contribution in [0.15, 0.2) is 12.1 Å². The zero-order valence-electron chi connectivity index (χ0n) is 13.4. The molecular weight excluding hydrogens is 324 g/mol. The Bertz CT molecular complexity index is 877. The van der Waals surface area contributed by atoms with Gasteiger partial charge in [-0.25, -0.2) is 4.98 Å². The third kappa shape index (κ3) is 2.48. The number of aromatic nitrogens is 6. The van der Waals surface area contributed by atoms with Crippen LogP contribution in [0, 0.1) is 12.8 Å². The largest absolute Gasteiger partial charge is 0.360 e. The quantitative estimate of drug-likeness (QED) is 0.755. The second-order valence-corrected chi connectivity index (χ2v) is 7.34. The number of rotatable bonds is 5. The van der Waals surface area contributed by atoms with Gasteiger partial charge < -0.3 is 10.2 Å². The Kier molecular flexibility index (Phi) is 3.15. The summed E-state index contributed by atoms with van der Waals surface area (Å²) in [6, 6.07) is 4.05. The maximum atomic E-state index is 4.75. The molecule has 1 aliphatic heterocycles. The van der Waals surface area contributed by atoms with Crippen molar-refractivity contribution in [2.45, 2.75) is 25.7 Å². The lowest BCUT2D eigenvalue weighted by Gasteiger charge is -2.40. The Labute approximate surface area is 143 Å². The van der Waals surface area contributed by atoms with Gasteiger partial charge in [0.25, 0.3) is 0 Å². The van der Waals surface area contributed by atoms with Gasteiger partial charge in [-0.2, -0.15) is 8.89 Å². The van der Waals surface area contributed by atoms with E-state index in [1.54, 1.807) is 0 Å². The van der Waals surface area contributed by atoms with E-state index in [1.807, 2.05) is 23.6 Å². The van der Waals surface area contributed by atoms with Crippen LogP contribution < -0.4 is 10.2 Å². The lowest BCUT2D eigenvalue weighted by atomic mass is 10.0. The Morgan fingerprint density at radius 1 is 1.25 bits per heavy atom.